The van der Waals surface area contributed by atoms with Crippen LogP contribution in [0.4, 0.5) is 5.82 Å². The van der Waals surface area contributed by atoms with E-state index in [1.54, 1.807) is 0 Å². The molecule has 2 aromatic heterocycles. The van der Waals surface area contributed by atoms with Crippen molar-refractivity contribution in [3.63, 3.8) is 0 Å². The topological polar surface area (TPSA) is 60.5 Å². The van der Waals surface area contributed by atoms with E-state index in [0.717, 1.165) is 55.6 Å². The van der Waals surface area contributed by atoms with E-state index in [9.17, 15) is 5.26 Å². The fourth-order valence-electron chi connectivity index (χ4n) is 4.56. The molecule has 0 amide bonds. The zero-order valence-corrected chi connectivity index (χ0v) is 18.4. The lowest BCUT2D eigenvalue weighted by molar-refractivity contribution is 0.299. The number of rotatable bonds is 6. The van der Waals surface area contributed by atoms with Crippen LogP contribution in [0.5, 0.6) is 0 Å². The van der Waals surface area contributed by atoms with Crippen LogP contribution in [0.15, 0.2) is 30.3 Å². The number of benzene rings is 1. The summed E-state index contributed by atoms with van der Waals surface area (Å²) in [6.45, 7) is 5.27. The average Bonchev–Trinajstić information content (AvgIpc) is 3.40. The van der Waals surface area contributed by atoms with Gasteiger partial charge in [-0.05, 0) is 57.8 Å². The van der Waals surface area contributed by atoms with Crippen LogP contribution in [0.3, 0.4) is 0 Å². The SMILES string of the molecule is CCCCc1c(C)c(C#N)c2nc(-c3ccccc3)nn2c1N1CCCC1N(C)C. The van der Waals surface area contributed by atoms with E-state index in [0.29, 0.717) is 23.2 Å². The Kier molecular flexibility index (Phi) is 5.74. The molecule has 6 heteroatoms. The number of unbranched alkanes of at least 4 members (excludes halogenated alkanes) is 1. The monoisotopic (exact) mass is 402 g/mol. The van der Waals surface area contributed by atoms with Crippen molar-refractivity contribution < 1.29 is 0 Å². The Hall–Kier alpha value is -2.91. The van der Waals surface area contributed by atoms with Gasteiger partial charge in [-0.2, -0.15) is 9.78 Å². The van der Waals surface area contributed by atoms with Crippen molar-refractivity contribution in [2.75, 3.05) is 25.5 Å². The van der Waals surface area contributed by atoms with E-state index in [-0.39, 0.29) is 0 Å². The summed E-state index contributed by atoms with van der Waals surface area (Å²) in [5.41, 5.74) is 4.55. The number of aromatic nitrogens is 3. The van der Waals surface area contributed by atoms with Gasteiger partial charge in [-0.3, -0.25) is 4.90 Å². The predicted molar refractivity (Wildman–Crippen MR) is 121 cm³/mol. The van der Waals surface area contributed by atoms with Crippen LogP contribution in [0.2, 0.25) is 0 Å². The quantitative estimate of drug-likeness (QED) is 0.611. The lowest BCUT2D eigenvalue weighted by atomic mass is 9.99. The van der Waals surface area contributed by atoms with Gasteiger partial charge in [0.15, 0.2) is 11.5 Å². The summed E-state index contributed by atoms with van der Waals surface area (Å²) in [6, 6.07) is 12.4. The molecule has 3 heterocycles. The van der Waals surface area contributed by atoms with Crippen molar-refractivity contribution >= 4 is 11.5 Å². The van der Waals surface area contributed by atoms with Crippen LogP contribution in [0.25, 0.3) is 17.0 Å². The van der Waals surface area contributed by atoms with E-state index in [1.807, 2.05) is 34.8 Å². The molecule has 1 aliphatic rings. The molecule has 0 saturated carbocycles. The summed E-state index contributed by atoms with van der Waals surface area (Å²) in [5, 5.41) is 14.9. The van der Waals surface area contributed by atoms with Crippen LogP contribution >= 0.6 is 0 Å². The first kappa shape index (κ1) is 20.4. The molecule has 1 aliphatic heterocycles. The molecule has 6 nitrogen and oxygen atoms in total. The van der Waals surface area contributed by atoms with E-state index in [4.69, 9.17) is 10.1 Å². The number of hydrogen-bond acceptors (Lipinski definition) is 5. The highest BCUT2D eigenvalue weighted by Crippen LogP contribution is 2.35. The molecule has 0 aliphatic carbocycles. The van der Waals surface area contributed by atoms with Gasteiger partial charge in [-0.15, -0.1) is 5.10 Å². The Bertz CT molecular complexity index is 1080. The molecular formula is C24H30N6. The molecular weight excluding hydrogens is 372 g/mol. The highest BCUT2D eigenvalue weighted by molar-refractivity contribution is 5.71. The second-order valence-corrected chi connectivity index (χ2v) is 8.33. The minimum Gasteiger partial charge on any atom is -0.341 e. The third-order valence-electron chi connectivity index (χ3n) is 6.14. The summed E-state index contributed by atoms with van der Waals surface area (Å²) >= 11 is 0. The number of nitriles is 1. The smallest absolute Gasteiger partial charge is 0.182 e. The van der Waals surface area contributed by atoms with Crippen molar-refractivity contribution in [1.29, 1.82) is 5.26 Å². The van der Waals surface area contributed by atoms with Crippen molar-refractivity contribution in [2.45, 2.75) is 52.1 Å². The van der Waals surface area contributed by atoms with Gasteiger partial charge in [-0.25, -0.2) is 4.98 Å². The van der Waals surface area contributed by atoms with Crippen LogP contribution < -0.4 is 4.90 Å². The first-order chi connectivity index (χ1) is 14.6. The molecule has 156 valence electrons. The Balaban J connectivity index is 2.01. The molecule has 3 aromatic rings. The molecule has 0 radical (unpaired) electrons. The van der Waals surface area contributed by atoms with Crippen LogP contribution in [-0.4, -0.2) is 46.3 Å². The summed E-state index contributed by atoms with van der Waals surface area (Å²) in [5.74, 6) is 1.78. The molecule has 0 bridgehead atoms. The maximum atomic E-state index is 9.99. The van der Waals surface area contributed by atoms with Crippen molar-refractivity contribution in [3.8, 4) is 17.5 Å². The van der Waals surface area contributed by atoms with Gasteiger partial charge in [0.25, 0.3) is 0 Å². The molecule has 0 N–H and O–H groups in total. The number of anilines is 1. The maximum Gasteiger partial charge on any atom is 0.182 e. The number of hydrogen-bond donors (Lipinski definition) is 0. The number of nitrogens with zero attached hydrogens (tertiary/aromatic N) is 6. The van der Waals surface area contributed by atoms with Crippen LogP contribution in [-0.2, 0) is 6.42 Å². The zero-order chi connectivity index (χ0) is 21.3. The van der Waals surface area contributed by atoms with Gasteiger partial charge in [0.05, 0.1) is 6.17 Å². The van der Waals surface area contributed by atoms with E-state index < -0.39 is 0 Å². The summed E-state index contributed by atoms with van der Waals surface area (Å²) in [4.78, 5) is 9.58. The summed E-state index contributed by atoms with van der Waals surface area (Å²) in [6.07, 6.45) is 5.75. The van der Waals surface area contributed by atoms with Crippen molar-refractivity contribution in [2.24, 2.45) is 0 Å². The third-order valence-corrected chi connectivity index (χ3v) is 6.14. The van der Waals surface area contributed by atoms with Crippen LogP contribution in [0, 0.1) is 18.3 Å². The Labute approximate surface area is 178 Å². The van der Waals surface area contributed by atoms with Gasteiger partial charge in [0, 0.05) is 12.1 Å². The van der Waals surface area contributed by atoms with Crippen molar-refractivity contribution in [1.82, 2.24) is 19.5 Å². The Morgan fingerprint density at radius 2 is 2.00 bits per heavy atom. The highest BCUT2D eigenvalue weighted by atomic mass is 15.4. The largest absolute Gasteiger partial charge is 0.341 e. The minimum atomic E-state index is 0.324. The molecule has 4 rings (SSSR count). The number of pyridine rings is 1. The van der Waals surface area contributed by atoms with E-state index in [1.165, 1.54) is 5.56 Å². The van der Waals surface area contributed by atoms with Crippen LogP contribution in [0.1, 0.15) is 49.3 Å². The lowest BCUT2D eigenvalue weighted by Crippen LogP contribution is -2.42. The predicted octanol–water partition coefficient (Wildman–Crippen LogP) is 4.41. The van der Waals surface area contributed by atoms with Gasteiger partial charge < -0.3 is 4.90 Å². The average molecular weight is 403 g/mol. The Morgan fingerprint density at radius 1 is 1.23 bits per heavy atom. The van der Waals surface area contributed by atoms with Gasteiger partial charge >= 0.3 is 0 Å². The minimum absolute atomic E-state index is 0.324. The highest BCUT2D eigenvalue weighted by Gasteiger charge is 2.32. The molecule has 1 aromatic carbocycles. The molecule has 1 unspecified atom stereocenters. The zero-order valence-electron chi connectivity index (χ0n) is 18.4. The second-order valence-electron chi connectivity index (χ2n) is 8.33. The van der Waals surface area contributed by atoms with Gasteiger partial charge in [0.2, 0.25) is 0 Å². The number of fused-ring (bicyclic) bond motifs is 1. The molecule has 1 saturated heterocycles. The summed E-state index contributed by atoms with van der Waals surface area (Å²) < 4.78 is 1.95. The normalized spacial score (nSPS) is 16.5. The summed E-state index contributed by atoms with van der Waals surface area (Å²) in [7, 11) is 4.28. The maximum absolute atomic E-state index is 9.99. The van der Waals surface area contributed by atoms with E-state index in [2.05, 4.69) is 43.8 Å². The Morgan fingerprint density at radius 3 is 2.67 bits per heavy atom. The van der Waals surface area contributed by atoms with Gasteiger partial charge in [-0.1, -0.05) is 43.7 Å². The molecule has 30 heavy (non-hydrogen) atoms. The third kappa shape index (κ3) is 3.44. The first-order valence-corrected chi connectivity index (χ1v) is 10.9. The van der Waals surface area contributed by atoms with Gasteiger partial charge in [0.1, 0.15) is 17.5 Å². The second kappa shape index (κ2) is 8.45. The molecule has 1 atom stereocenters. The first-order valence-electron chi connectivity index (χ1n) is 10.9. The van der Waals surface area contributed by atoms with Crippen molar-refractivity contribution in [3.05, 3.63) is 47.0 Å². The molecule has 1 fully saturated rings. The lowest BCUT2D eigenvalue weighted by Gasteiger charge is -2.33. The fraction of sp³-hybridized carbons (Fsp3) is 0.458. The molecule has 0 spiro atoms. The van der Waals surface area contributed by atoms with E-state index >= 15 is 0 Å². The fourth-order valence-corrected chi connectivity index (χ4v) is 4.56. The standard InChI is InChI=1S/C24H30N6/c1-5-6-13-19-17(2)20(16-25)23-26-22(18-11-8-7-9-12-18)27-30(23)24(19)29-15-10-14-21(29)28(3)4/h7-9,11-12,21H,5-6,10,13-15H2,1-4H3.